The van der Waals surface area contributed by atoms with Crippen molar-refractivity contribution in [2.45, 2.75) is 39.3 Å². The maximum absolute atomic E-state index is 13.0. The highest BCUT2D eigenvalue weighted by molar-refractivity contribution is 5.38. The second-order valence-corrected chi connectivity index (χ2v) is 6.22. The van der Waals surface area contributed by atoms with E-state index in [1.54, 1.807) is 13.0 Å². The van der Waals surface area contributed by atoms with Crippen molar-refractivity contribution in [3.05, 3.63) is 29.3 Å². The predicted molar refractivity (Wildman–Crippen MR) is 81.1 cm³/mol. The molecule has 0 aromatic heterocycles. The molecule has 22 heavy (non-hydrogen) atoms. The van der Waals surface area contributed by atoms with Crippen LogP contribution in [0.15, 0.2) is 18.2 Å². The largest absolute Gasteiger partial charge is 0.493 e. The fourth-order valence-electron chi connectivity index (χ4n) is 2.75. The van der Waals surface area contributed by atoms with E-state index in [0.29, 0.717) is 12.2 Å². The Hall–Kier alpha value is -1.23. The zero-order valence-corrected chi connectivity index (χ0v) is 13.2. The number of benzene rings is 1. The van der Waals surface area contributed by atoms with Gasteiger partial charge in [-0.05, 0) is 57.3 Å². The van der Waals surface area contributed by atoms with Crippen LogP contribution in [0.3, 0.4) is 0 Å². The zero-order chi connectivity index (χ0) is 16.2. The Balaban J connectivity index is 1.82. The minimum absolute atomic E-state index is 0.0645. The lowest BCUT2D eigenvalue weighted by Gasteiger charge is -2.30. The SMILES string of the molecule is Cc1ccc(OCCCN2CCC(C)CC2)c(C(F)(F)F)c1. The van der Waals surface area contributed by atoms with Crippen molar-refractivity contribution in [3.8, 4) is 5.75 Å². The van der Waals surface area contributed by atoms with Crippen molar-refractivity contribution in [2.24, 2.45) is 5.92 Å². The number of halogens is 3. The van der Waals surface area contributed by atoms with E-state index in [1.165, 1.54) is 18.9 Å². The highest BCUT2D eigenvalue weighted by Gasteiger charge is 2.34. The second kappa shape index (κ2) is 7.36. The Kier molecular flexibility index (Phi) is 5.73. The number of rotatable bonds is 5. The van der Waals surface area contributed by atoms with Gasteiger partial charge in [-0.15, -0.1) is 0 Å². The molecule has 1 heterocycles. The first-order valence-corrected chi connectivity index (χ1v) is 7.89. The molecule has 2 rings (SSSR count). The predicted octanol–water partition coefficient (Wildman–Crippen LogP) is 4.51. The van der Waals surface area contributed by atoms with Crippen molar-refractivity contribution in [1.29, 1.82) is 0 Å². The van der Waals surface area contributed by atoms with Crippen molar-refractivity contribution in [2.75, 3.05) is 26.2 Å². The molecule has 5 heteroatoms. The molecule has 1 aliphatic rings. The maximum atomic E-state index is 13.0. The summed E-state index contributed by atoms with van der Waals surface area (Å²) in [5.74, 6) is 0.722. The van der Waals surface area contributed by atoms with Crippen LogP contribution in [0.5, 0.6) is 5.75 Å². The molecule has 0 radical (unpaired) electrons. The molecule has 2 nitrogen and oxygen atoms in total. The molecule has 0 unspecified atom stereocenters. The highest BCUT2D eigenvalue weighted by Crippen LogP contribution is 2.36. The van der Waals surface area contributed by atoms with Crippen molar-refractivity contribution in [1.82, 2.24) is 4.90 Å². The molecule has 1 aliphatic heterocycles. The topological polar surface area (TPSA) is 12.5 Å². The Labute approximate surface area is 130 Å². The van der Waals surface area contributed by atoms with Gasteiger partial charge in [-0.2, -0.15) is 13.2 Å². The number of likely N-dealkylation sites (tertiary alicyclic amines) is 1. The van der Waals surface area contributed by atoms with Crippen LogP contribution in [0.25, 0.3) is 0 Å². The average molecular weight is 315 g/mol. The van der Waals surface area contributed by atoms with Crippen LogP contribution < -0.4 is 4.74 Å². The number of ether oxygens (including phenoxy) is 1. The van der Waals surface area contributed by atoms with Crippen molar-refractivity contribution < 1.29 is 17.9 Å². The summed E-state index contributed by atoms with van der Waals surface area (Å²) in [6.07, 6.45) is -1.21. The second-order valence-electron chi connectivity index (χ2n) is 6.22. The number of aryl methyl sites for hydroxylation is 1. The molecule has 0 aliphatic carbocycles. The Morgan fingerprint density at radius 2 is 1.91 bits per heavy atom. The molecule has 0 saturated carbocycles. The monoisotopic (exact) mass is 315 g/mol. The van der Waals surface area contributed by atoms with Crippen LogP contribution >= 0.6 is 0 Å². The molecule has 0 spiro atoms. The Morgan fingerprint density at radius 3 is 2.55 bits per heavy atom. The minimum atomic E-state index is -4.37. The molecule has 1 aromatic carbocycles. The summed E-state index contributed by atoms with van der Waals surface area (Å²) in [5.41, 5.74) is -0.0959. The van der Waals surface area contributed by atoms with Gasteiger partial charge >= 0.3 is 6.18 Å². The lowest BCUT2D eigenvalue weighted by Crippen LogP contribution is -2.34. The molecule has 1 saturated heterocycles. The van der Waals surface area contributed by atoms with Gasteiger partial charge in [-0.3, -0.25) is 0 Å². The molecule has 1 fully saturated rings. The van der Waals surface area contributed by atoms with E-state index in [9.17, 15) is 13.2 Å². The molecule has 0 amide bonds. The van der Waals surface area contributed by atoms with Gasteiger partial charge in [-0.25, -0.2) is 0 Å². The lowest BCUT2D eigenvalue weighted by atomic mass is 9.99. The summed E-state index contributed by atoms with van der Waals surface area (Å²) < 4.78 is 44.3. The molecular formula is C17H24F3NO. The fraction of sp³-hybridized carbons (Fsp3) is 0.647. The van der Waals surface area contributed by atoms with Crippen LogP contribution in [0.4, 0.5) is 13.2 Å². The minimum Gasteiger partial charge on any atom is -0.493 e. The van der Waals surface area contributed by atoms with Crippen LogP contribution in [0.2, 0.25) is 0 Å². The smallest absolute Gasteiger partial charge is 0.419 e. The molecule has 0 atom stereocenters. The quantitative estimate of drug-likeness (QED) is 0.741. The summed E-state index contributed by atoms with van der Waals surface area (Å²) in [5, 5.41) is 0. The first-order valence-electron chi connectivity index (χ1n) is 7.89. The third kappa shape index (κ3) is 4.90. The summed E-state index contributed by atoms with van der Waals surface area (Å²) in [6, 6.07) is 4.21. The van der Waals surface area contributed by atoms with Gasteiger partial charge in [0.25, 0.3) is 0 Å². The van der Waals surface area contributed by atoms with Gasteiger partial charge in [0.05, 0.1) is 12.2 Å². The summed E-state index contributed by atoms with van der Waals surface area (Å²) >= 11 is 0. The van der Waals surface area contributed by atoms with E-state index in [1.807, 2.05) is 0 Å². The number of hydrogen-bond donors (Lipinski definition) is 0. The maximum Gasteiger partial charge on any atom is 0.419 e. The zero-order valence-electron chi connectivity index (χ0n) is 13.2. The molecule has 124 valence electrons. The number of hydrogen-bond acceptors (Lipinski definition) is 2. The normalized spacial score (nSPS) is 17.7. The first kappa shape index (κ1) is 17.1. The lowest BCUT2D eigenvalue weighted by molar-refractivity contribution is -0.139. The number of alkyl halides is 3. The third-order valence-electron chi connectivity index (χ3n) is 4.19. The van der Waals surface area contributed by atoms with E-state index in [2.05, 4.69) is 11.8 Å². The number of nitrogens with zero attached hydrogens (tertiary/aromatic N) is 1. The van der Waals surface area contributed by atoms with E-state index < -0.39 is 11.7 Å². The van der Waals surface area contributed by atoms with E-state index in [4.69, 9.17) is 4.74 Å². The van der Waals surface area contributed by atoms with Gasteiger partial charge in [0, 0.05) is 6.54 Å². The fourth-order valence-corrected chi connectivity index (χ4v) is 2.75. The van der Waals surface area contributed by atoms with Gasteiger partial charge in [-0.1, -0.05) is 18.6 Å². The Bertz CT molecular complexity index is 479. The van der Waals surface area contributed by atoms with Crippen LogP contribution in [0, 0.1) is 12.8 Å². The van der Waals surface area contributed by atoms with Crippen LogP contribution in [-0.4, -0.2) is 31.1 Å². The third-order valence-corrected chi connectivity index (χ3v) is 4.19. The molecular weight excluding hydrogens is 291 g/mol. The van der Waals surface area contributed by atoms with Gasteiger partial charge in [0.1, 0.15) is 5.75 Å². The van der Waals surface area contributed by atoms with Crippen LogP contribution in [-0.2, 0) is 6.18 Å². The Morgan fingerprint density at radius 1 is 1.23 bits per heavy atom. The average Bonchev–Trinajstić information content (AvgIpc) is 2.45. The summed E-state index contributed by atoms with van der Waals surface area (Å²) in [4.78, 5) is 2.36. The summed E-state index contributed by atoms with van der Waals surface area (Å²) in [6.45, 7) is 7.28. The van der Waals surface area contributed by atoms with E-state index in [0.717, 1.165) is 38.0 Å². The molecule has 0 bridgehead atoms. The van der Waals surface area contributed by atoms with Crippen LogP contribution in [0.1, 0.15) is 37.3 Å². The molecule has 1 aromatic rings. The van der Waals surface area contributed by atoms with Crippen molar-refractivity contribution in [3.63, 3.8) is 0 Å². The van der Waals surface area contributed by atoms with Gasteiger partial charge < -0.3 is 9.64 Å². The van der Waals surface area contributed by atoms with Crippen molar-refractivity contribution >= 4 is 0 Å². The number of piperidine rings is 1. The molecule has 0 N–H and O–H groups in total. The highest BCUT2D eigenvalue weighted by atomic mass is 19.4. The van der Waals surface area contributed by atoms with Gasteiger partial charge in [0.15, 0.2) is 0 Å². The van der Waals surface area contributed by atoms with E-state index in [-0.39, 0.29) is 5.75 Å². The summed E-state index contributed by atoms with van der Waals surface area (Å²) in [7, 11) is 0. The van der Waals surface area contributed by atoms with Gasteiger partial charge in [0.2, 0.25) is 0 Å². The standard InChI is InChI=1S/C17H24F3NO/c1-13-6-9-21(10-7-13)8-3-11-22-16-5-4-14(2)12-15(16)17(18,19)20/h4-5,12-13H,3,6-11H2,1-2H3. The van der Waals surface area contributed by atoms with E-state index >= 15 is 0 Å². The first-order chi connectivity index (χ1) is 10.4.